The molecule has 0 atom stereocenters. The van der Waals surface area contributed by atoms with Gasteiger partial charge in [0.1, 0.15) is 5.75 Å². The summed E-state index contributed by atoms with van der Waals surface area (Å²) >= 11 is 11.7. The molecule has 2 aromatic rings. The first-order valence-corrected chi connectivity index (χ1v) is 9.88. The van der Waals surface area contributed by atoms with Crippen molar-refractivity contribution in [3.63, 3.8) is 0 Å². The van der Waals surface area contributed by atoms with Crippen molar-refractivity contribution in [3.05, 3.63) is 63.6 Å². The summed E-state index contributed by atoms with van der Waals surface area (Å²) in [6.07, 6.45) is 1.63. The molecule has 0 fully saturated rings. The molecule has 2 rings (SSSR count). The maximum Gasteiger partial charge on any atom is 0.251 e. The molecule has 2 N–H and O–H groups in total. The molecule has 6 nitrogen and oxygen atoms in total. The molecule has 0 bridgehead atoms. The van der Waals surface area contributed by atoms with E-state index in [1.165, 1.54) is 6.07 Å². The Morgan fingerprint density at radius 2 is 1.83 bits per heavy atom. The highest BCUT2D eigenvalue weighted by molar-refractivity contribution is 6.42. The summed E-state index contributed by atoms with van der Waals surface area (Å²) in [5.41, 5.74) is 3.63. The predicted octanol–water partition coefficient (Wildman–Crippen LogP) is 4.30. The molecule has 0 saturated carbocycles. The first-order valence-electron chi connectivity index (χ1n) is 9.13. The molecule has 29 heavy (non-hydrogen) atoms. The summed E-state index contributed by atoms with van der Waals surface area (Å²) < 4.78 is 5.61. The molecule has 0 unspecified atom stereocenters. The predicted molar refractivity (Wildman–Crippen MR) is 116 cm³/mol. The summed E-state index contributed by atoms with van der Waals surface area (Å²) in [6.45, 7) is 5.00. The van der Waals surface area contributed by atoms with Gasteiger partial charge in [-0.25, -0.2) is 5.43 Å². The number of carbonyl (C=O) groups excluding carboxylic acids is 2. The van der Waals surface area contributed by atoms with Crippen LogP contribution < -0.4 is 15.5 Å². The van der Waals surface area contributed by atoms with E-state index in [1.807, 2.05) is 24.3 Å². The van der Waals surface area contributed by atoms with Crippen LogP contribution in [0.5, 0.6) is 5.75 Å². The van der Waals surface area contributed by atoms with E-state index >= 15 is 0 Å². The maximum absolute atomic E-state index is 12.0. The summed E-state index contributed by atoms with van der Waals surface area (Å²) in [4.78, 5) is 23.8. The number of amides is 2. The van der Waals surface area contributed by atoms with Crippen LogP contribution in [0.1, 0.15) is 36.2 Å². The van der Waals surface area contributed by atoms with E-state index in [-0.39, 0.29) is 24.8 Å². The lowest BCUT2D eigenvalue weighted by atomic mass is 10.2. The van der Waals surface area contributed by atoms with Gasteiger partial charge in [0.2, 0.25) is 5.91 Å². The summed E-state index contributed by atoms with van der Waals surface area (Å²) in [5, 5.41) is 7.23. The van der Waals surface area contributed by atoms with Crippen molar-refractivity contribution < 1.29 is 14.3 Å². The Bertz CT molecular complexity index is 868. The Hall–Kier alpha value is -2.57. The van der Waals surface area contributed by atoms with E-state index in [1.54, 1.807) is 18.3 Å². The Morgan fingerprint density at radius 1 is 1.10 bits per heavy atom. The van der Waals surface area contributed by atoms with Crippen molar-refractivity contribution in [3.8, 4) is 5.75 Å². The molecule has 2 aromatic carbocycles. The first kappa shape index (κ1) is 22.7. The Balaban J connectivity index is 1.71. The molecule has 0 radical (unpaired) electrons. The Kier molecular flexibility index (Phi) is 8.96. The zero-order valence-corrected chi connectivity index (χ0v) is 17.8. The number of halogens is 2. The fourth-order valence-electron chi connectivity index (χ4n) is 2.18. The van der Waals surface area contributed by atoms with E-state index in [9.17, 15) is 9.59 Å². The van der Waals surface area contributed by atoms with Gasteiger partial charge in [-0.2, -0.15) is 5.10 Å². The van der Waals surface area contributed by atoms with Gasteiger partial charge >= 0.3 is 0 Å². The van der Waals surface area contributed by atoms with Crippen LogP contribution in [-0.2, 0) is 4.79 Å². The van der Waals surface area contributed by atoms with Crippen LogP contribution >= 0.6 is 23.2 Å². The minimum Gasteiger partial charge on any atom is -0.493 e. The second kappa shape index (κ2) is 11.4. The highest BCUT2D eigenvalue weighted by Gasteiger charge is 2.08. The lowest BCUT2D eigenvalue weighted by Gasteiger charge is -2.08. The normalized spacial score (nSPS) is 10.9. The minimum atomic E-state index is -0.334. The highest BCUT2D eigenvalue weighted by atomic mass is 35.5. The van der Waals surface area contributed by atoms with E-state index in [2.05, 4.69) is 29.7 Å². The van der Waals surface area contributed by atoms with Crippen LogP contribution in [0.3, 0.4) is 0 Å². The average Bonchev–Trinajstić information content (AvgIpc) is 2.69. The second-order valence-corrected chi connectivity index (χ2v) is 7.52. The van der Waals surface area contributed by atoms with Crippen LogP contribution in [0.2, 0.25) is 10.0 Å². The van der Waals surface area contributed by atoms with Crippen molar-refractivity contribution in [1.82, 2.24) is 10.7 Å². The molecule has 0 aliphatic carbocycles. The van der Waals surface area contributed by atoms with Gasteiger partial charge in [-0.15, -0.1) is 0 Å². The van der Waals surface area contributed by atoms with E-state index in [0.717, 1.165) is 11.3 Å². The lowest BCUT2D eigenvalue weighted by molar-refractivity contribution is -0.120. The summed E-state index contributed by atoms with van der Waals surface area (Å²) in [5.74, 6) is 0.602. The molecule has 0 aliphatic heterocycles. The lowest BCUT2D eigenvalue weighted by Crippen LogP contribution is -2.29. The van der Waals surface area contributed by atoms with Crippen LogP contribution in [0.15, 0.2) is 47.6 Å². The van der Waals surface area contributed by atoms with Crippen molar-refractivity contribution in [2.24, 2.45) is 11.0 Å². The third kappa shape index (κ3) is 8.13. The molecule has 8 heteroatoms. The number of nitrogens with zero attached hydrogens (tertiary/aromatic N) is 1. The number of hydrogen-bond acceptors (Lipinski definition) is 4. The van der Waals surface area contributed by atoms with Gasteiger partial charge in [0.05, 0.1) is 22.9 Å². The number of rotatable bonds is 9. The topological polar surface area (TPSA) is 79.8 Å². The molecule has 0 aliphatic rings. The zero-order chi connectivity index (χ0) is 21.2. The van der Waals surface area contributed by atoms with E-state index in [4.69, 9.17) is 27.9 Å². The third-order valence-electron chi connectivity index (χ3n) is 3.69. The number of hydrazone groups is 1. The molecule has 0 saturated heterocycles. The molecule has 0 spiro atoms. The van der Waals surface area contributed by atoms with Gasteiger partial charge in [0, 0.05) is 18.5 Å². The molecular formula is C21H23Cl2N3O3. The standard InChI is InChI=1S/C21H23Cl2N3O3/c1-14(2)13-29-17-6-3-15(4-7-17)12-25-26-20(27)9-10-24-21(28)16-5-8-18(22)19(23)11-16/h3-8,11-12,14H,9-10,13H2,1-2H3,(H,24,28)(H,26,27). The first-order chi connectivity index (χ1) is 13.8. The van der Waals surface area contributed by atoms with Gasteiger partial charge in [-0.3, -0.25) is 9.59 Å². The van der Waals surface area contributed by atoms with Crippen molar-refractivity contribution in [1.29, 1.82) is 0 Å². The third-order valence-corrected chi connectivity index (χ3v) is 4.42. The molecule has 2 amide bonds. The Labute approximate surface area is 180 Å². The van der Waals surface area contributed by atoms with Crippen molar-refractivity contribution in [2.75, 3.05) is 13.2 Å². The van der Waals surface area contributed by atoms with Crippen LogP contribution in [0.25, 0.3) is 0 Å². The van der Waals surface area contributed by atoms with Crippen LogP contribution in [0.4, 0.5) is 0 Å². The quantitative estimate of drug-likeness (QED) is 0.455. The fraction of sp³-hybridized carbons (Fsp3) is 0.286. The minimum absolute atomic E-state index is 0.0897. The largest absolute Gasteiger partial charge is 0.493 e. The number of benzene rings is 2. The van der Waals surface area contributed by atoms with Gasteiger partial charge in [-0.05, 0) is 53.9 Å². The van der Waals surface area contributed by atoms with Gasteiger partial charge in [0.15, 0.2) is 0 Å². The Morgan fingerprint density at radius 3 is 2.48 bits per heavy atom. The van der Waals surface area contributed by atoms with Gasteiger partial charge in [-0.1, -0.05) is 37.0 Å². The van der Waals surface area contributed by atoms with Crippen LogP contribution in [0, 0.1) is 5.92 Å². The monoisotopic (exact) mass is 435 g/mol. The average molecular weight is 436 g/mol. The SMILES string of the molecule is CC(C)COc1ccc(C=NNC(=O)CCNC(=O)c2ccc(Cl)c(Cl)c2)cc1. The van der Waals surface area contributed by atoms with Gasteiger partial charge in [0.25, 0.3) is 5.91 Å². The number of carbonyl (C=O) groups is 2. The maximum atomic E-state index is 12.0. The number of hydrogen-bond donors (Lipinski definition) is 2. The van der Waals surface area contributed by atoms with E-state index in [0.29, 0.717) is 28.1 Å². The summed E-state index contributed by atoms with van der Waals surface area (Å²) in [7, 11) is 0. The van der Waals surface area contributed by atoms with E-state index < -0.39 is 0 Å². The second-order valence-electron chi connectivity index (χ2n) is 6.70. The van der Waals surface area contributed by atoms with Crippen molar-refractivity contribution in [2.45, 2.75) is 20.3 Å². The molecule has 154 valence electrons. The smallest absolute Gasteiger partial charge is 0.251 e. The van der Waals surface area contributed by atoms with Crippen LogP contribution in [-0.4, -0.2) is 31.2 Å². The fourth-order valence-corrected chi connectivity index (χ4v) is 2.47. The van der Waals surface area contributed by atoms with Gasteiger partial charge < -0.3 is 10.1 Å². The van der Waals surface area contributed by atoms with Crippen molar-refractivity contribution >= 4 is 41.2 Å². The highest BCUT2D eigenvalue weighted by Crippen LogP contribution is 2.22. The number of nitrogens with one attached hydrogen (secondary N) is 2. The molecular weight excluding hydrogens is 413 g/mol. The summed E-state index contributed by atoms with van der Waals surface area (Å²) in [6, 6.07) is 12.0. The molecule has 0 heterocycles. The number of ether oxygens (including phenoxy) is 1. The molecule has 0 aromatic heterocycles. The zero-order valence-electron chi connectivity index (χ0n) is 16.2.